The van der Waals surface area contributed by atoms with Gasteiger partial charge in [0.25, 0.3) is 5.91 Å². The number of rotatable bonds is 4. The fourth-order valence-corrected chi connectivity index (χ4v) is 2.77. The van der Waals surface area contributed by atoms with Crippen molar-refractivity contribution in [2.24, 2.45) is 0 Å². The number of para-hydroxylation sites is 1. The normalized spacial score (nSPS) is 10.4. The molecule has 0 aliphatic heterocycles. The lowest BCUT2D eigenvalue weighted by Gasteiger charge is -2.23. The molecular weight excluding hydrogens is 318 g/mol. The van der Waals surface area contributed by atoms with Gasteiger partial charge in [-0.3, -0.25) is 4.79 Å². The van der Waals surface area contributed by atoms with E-state index in [1.807, 2.05) is 85.8 Å². The highest BCUT2D eigenvalue weighted by Gasteiger charge is 2.18. The van der Waals surface area contributed by atoms with Gasteiger partial charge in [0.15, 0.2) is 0 Å². The molecule has 0 atom stereocenters. The summed E-state index contributed by atoms with van der Waals surface area (Å²) in [5, 5.41) is 0.670. The highest BCUT2D eigenvalue weighted by molar-refractivity contribution is 6.30. The number of nitrogens with zero attached hydrogens (tertiary/aromatic N) is 1. The van der Waals surface area contributed by atoms with Crippen LogP contribution in [0.5, 0.6) is 0 Å². The van der Waals surface area contributed by atoms with E-state index < -0.39 is 0 Å². The molecule has 0 bridgehead atoms. The third-order valence-electron chi connectivity index (χ3n) is 3.84. The Labute approximate surface area is 147 Å². The minimum absolute atomic E-state index is 0.0267. The molecule has 0 saturated carbocycles. The van der Waals surface area contributed by atoms with Gasteiger partial charge in [-0.15, -0.1) is 0 Å². The molecule has 0 N–H and O–H groups in total. The Morgan fingerprint density at radius 2 is 1.62 bits per heavy atom. The van der Waals surface area contributed by atoms with E-state index in [0.29, 0.717) is 17.1 Å². The van der Waals surface area contributed by atoms with Crippen molar-refractivity contribution in [1.82, 2.24) is 0 Å². The first-order valence-electron chi connectivity index (χ1n) is 7.81. The Bertz CT molecular complexity index is 828. The molecule has 3 heteroatoms. The molecule has 0 unspecified atom stereocenters. The number of hydrogen-bond donors (Lipinski definition) is 0. The molecule has 1 amide bonds. The van der Waals surface area contributed by atoms with Crippen LogP contribution < -0.4 is 4.90 Å². The minimum Gasteiger partial charge on any atom is -0.304 e. The van der Waals surface area contributed by atoms with Crippen LogP contribution in [-0.4, -0.2) is 5.91 Å². The van der Waals surface area contributed by atoms with Crippen LogP contribution in [0.15, 0.2) is 78.9 Å². The van der Waals surface area contributed by atoms with Crippen LogP contribution >= 0.6 is 11.6 Å². The predicted molar refractivity (Wildman–Crippen MR) is 99.6 cm³/mol. The fourth-order valence-electron chi connectivity index (χ4n) is 2.56. The molecule has 0 spiro atoms. The van der Waals surface area contributed by atoms with E-state index in [9.17, 15) is 4.79 Å². The van der Waals surface area contributed by atoms with Crippen molar-refractivity contribution in [3.05, 3.63) is 101 Å². The Morgan fingerprint density at radius 1 is 0.917 bits per heavy atom. The molecular formula is C21H18ClNO. The molecule has 0 aromatic heterocycles. The zero-order valence-electron chi connectivity index (χ0n) is 13.4. The molecule has 0 radical (unpaired) electrons. The number of benzene rings is 3. The summed E-state index contributed by atoms with van der Waals surface area (Å²) in [5.41, 5.74) is 3.66. The molecule has 0 saturated heterocycles. The number of anilines is 1. The molecule has 0 aliphatic carbocycles. The van der Waals surface area contributed by atoms with Crippen molar-refractivity contribution in [3.8, 4) is 0 Å². The summed E-state index contributed by atoms with van der Waals surface area (Å²) in [6, 6.07) is 24.9. The molecule has 120 valence electrons. The zero-order chi connectivity index (χ0) is 16.9. The van der Waals surface area contributed by atoms with E-state index in [-0.39, 0.29) is 5.91 Å². The number of carbonyl (C=O) groups excluding carboxylic acids is 1. The zero-order valence-corrected chi connectivity index (χ0v) is 14.2. The van der Waals surface area contributed by atoms with Gasteiger partial charge in [-0.05, 0) is 48.9 Å². The molecule has 3 aromatic carbocycles. The number of carbonyl (C=O) groups is 1. The van der Waals surface area contributed by atoms with Crippen LogP contribution in [0.2, 0.25) is 5.02 Å². The van der Waals surface area contributed by atoms with E-state index in [0.717, 1.165) is 16.8 Å². The average Bonchev–Trinajstić information content (AvgIpc) is 2.61. The molecule has 3 aromatic rings. The van der Waals surface area contributed by atoms with Gasteiger partial charge in [0.2, 0.25) is 0 Å². The summed E-state index contributed by atoms with van der Waals surface area (Å²) >= 11 is 6.08. The first-order chi connectivity index (χ1) is 11.6. The van der Waals surface area contributed by atoms with Crippen LogP contribution in [0, 0.1) is 6.92 Å². The average molecular weight is 336 g/mol. The summed E-state index contributed by atoms with van der Waals surface area (Å²) in [6.07, 6.45) is 0. The maximum absolute atomic E-state index is 13.0. The SMILES string of the molecule is Cc1ccc(C(=O)N(Cc2cccc(Cl)c2)c2ccccc2)cc1. The van der Waals surface area contributed by atoms with Gasteiger partial charge in [-0.1, -0.05) is 59.6 Å². The van der Waals surface area contributed by atoms with Crippen molar-refractivity contribution in [3.63, 3.8) is 0 Å². The molecule has 0 heterocycles. The summed E-state index contributed by atoms with van der Waals surface area (Å²) in [4.78, 5) is 14.8. The predicted octanol–water partition coefficient (Wildman–Crippen LogP) is 5.50. The third-order valence-corrected chi connectivity index (χ3v) is 4.08. The second kappa shape index (κ2) is 7.33. The molecule has 0 aliphatic rings. The first kappa shape index (κ1) is 16.3. The number of hydrogen-bond acceptors (Lipinski definition) is 1. The van der Waals surface area contributed by atoms with E-state index in [2.05, 4.69) is 0 Å². The Kier molecular flexibility index (Phi) is 4.97. The third kappa shape index (κ3) is 3.84. The minimum atomic E-state index is -0.0267. The highest BCUT2D eigenvalue weighted by atomic mass is 35.5. The molecule has 0 fully saturated rings. The highest BCUT2D eigenvalue weighted by Crippen LogP contribution is 2.21. The monoisotopic (exact) mass is 335 g/mol. The van der Waals surface area contributed by atoms with Crippen molar-refractivity contribution in [1.29, 1.82) is 0 Å². The van der Waals surface area contributed by atoms with Crippen LogP contribution in [0.1, 0.15) is 21.5 Å². The number of halogens is 1. The Morgan fingerprint density at radius 3 is 2.29 bits per heavy atom. The van der Waals surface area contributed by atoms with Crippen molar-refractivity contribution in [2.75, 3.05) is 4.90 Å². The lowest BCUT2D eigenvalue weighted by atomic mass is 10.1. The second-order valence-corrected chi connectivity index (χ2v) is 6.16. The summed E-state index contributed by atoms with van der Waals surface area (Å²) in [7, 11) is 0. The molecule has 3 rings (SSSR count). The van der Waals surface area contributed by atoms with Gasteiger partial charge in [0, 0.05) is 16.3 Å². The van der Waals surface area contributed by atoms with Gasteiger partial charge in [-0.25, -0.2) is 0 Å². The van der Waals surface area contributed by atoms with Gasteiger partial charge < -0.3 is 4.90 Å². The van der Waals surface area contributed by atoms with Crippen LogP contribution in [0.4, 0.5) is 5.69 Å². The van der Waals surface area contributed by atoms with Gasteiger partial charge >= 0.3 is 0 Å². The smallest absolute Gasteiger partial charge is 0.258 e. The van der Waals surface area contributed by atoms with E-state index >= 15 is 0 Å². The van der Waals surface area contributed by atoms with Crippen LogP contribution in [0.25, 0.3) is 0 Å². The Hall–Kier alpha value is -2.58. The van der Waals surface area contributed by atoms with E-state index in [1.165, 1.54) is 0 Å². The molecule has 2 nitrogen and oxygen atoms in total. The largest absolute Gasteiger partial charge is 0.304 e. The van der Waals surface area contributed by atoms with Crippen molar-refractivity contribution < 1.29 is 4.79 Å². The Balaban J connectivity index is 1.96. The quantitative estimate of drug-likeness (QED) is 0.617. The lowest BCUT2D eigenvalue weighted by Crippen LogP contribution is -2.30. The fraction of sp³-hybridized carbons (Fsp3) is 0.0952. The lowest BCUT2D eigenvalue weighted by molar-refractivity contribution is 0.0985. The van der Waals surface area contributed by atoms with Crippen LogP contribution in [-0.2, 0) is 6.54 Å². The van der Waals surface area contributed by atoms with Crippen molar-refractivity contribution in [2.45, 2.75) is 13.5 Å². The maximum atomic E-state index is 13.0. The molecule has 24 heavy (non-hydrogen) atoms. The summed E-state index contributed by atoms with van der Waals surface area (Å²) < 4.78 is 0. The second-order valence-electron chi connectivity index (χ2n) is 5.72. The number of aryl methyl sites for hydroxylation is 1. The topological polar surface area (TPSA) is 20.3 Å². The van der Waals surface area contributed by atoms with Crippen molar-refractivity contribution >= 4 is 23.2 Å². The standard InChI is InChI=1S/C21H18ClNO/c1-16-10-12-18(13-11-16)21(24)23(20-8-3-2-4-9-20)15-17-6-5-7-19(22)14-17/h2-14H,15H2,1H3. The summed E-state index contributed by atoms with van der Waals surface area (Å²) in [6.45, 7) is 2.48. The summed E-state index contributed by atoms with van der Waals surface area (Å²) in [5.74, 6) is -0.0267. The van der Waals surface area contributed by atoms with Gasteiger partial charge in [0.1, 0.15) is 0 Å². The van der Waals surface area contributed by atoms with E-state index in [4.69, 9.17) is 11.6 Å². The van der Waals surface area contributed by atoms with Gasteiger partial charge in [-0.2, -0.15) is 0 Å². The first-order valence-corrected chi connectivity index (χ1v) is 8.19. The van der Waals surface area contributed by atoms with Crippen LogP contribution in [0.3, 0.4) is 0 Å². The maximum Gasteiger partial charge on any atom is 0.258 e. The van der Waals surface area contributed by atoms with E-state index in [1.54, 1.807) is 4.90 Å². The van der Waals surface area contributed by atoms with Gasteiger partial charge in [0.05, 0.1) is 6.54 Å². The number of amides is 1.